The van der Waals surface area contributed by atoms with Crippen LogP contribution >= 0.6 is 11.6 Å². The normalized spacial score (nSPS) is 19.5. The summed E-state index contributed by atoms with van der Waals surface area (Å²) >= 11 is 6.36. The number of nitrogens with two attached hydrogens (primary N) is 1. The average molecular weight is 269 g/mol. The minimum atomic E-state index is 0.620. The van der Waals surface area contributed by atoms with Crippen LogP contribution in [0.3, 0.4) is 0 Å². The second-order valence-corrected chi connectivity index (χ2v) is 5.29. The van der Waals surface area contributed by atoms with Crippen molar-refractivity contribution in [3.05, 3.63) is 28.8 Å². The summed E-state index contributed by atoms with van der Waals surface area (Å²) in [5, 5.41) is 0.832. The third kappa shape index (κ3) is 3.16. The summed E-state index contributed by atoms with van der Waals surface area (Å²) in [4.78, 5) is 2.35. The zero-order chi connectivity index (χ0) is 13.0. The van der Waals surface area contributed by atoms with E-state index in [0.717, 1.165) is 36.8 Å². The fraction of sp³-hybridized carbons (Fsp3) is 0.571. The average Bonchev–Trinajstić information content (AvgIpc) is 2.78. The molecule has 0 spiro atoms. The van der Waals surface area contributed by atoms with Crippen molar-refractivity contribution in [3.63, 3.8) is 0 Å². The minimum absolute atomic E-state index is 0.620. The standard InChI is InChI=1S/C14H21ClN2O/c1-18-10-12-5-7-17(9-12)14-3-2-11(4-6-16)8-13(14)15/h2-3,8,12H,4-7,9-10,16H2,1H3. The Morgan fingerprint density at radius 2 is 2.33 bits per heavy atom. The molecule has 0 aromatic heterocycles. The summed E-state index contributed by atoms with van der Waals surface area (Å²) < 4.78 is 5.22. The monoisotopic (exact) mass is 268 g/mol. The Labute approximate surface area is 114 Å². The molecular weight excluding hydrogens is 248 g/mol. The van der Waals surface area contributed by atoms with Gasteiger partial charge in [0, 0.05) is 26.1 Å². The number of ether oxygens (including phenoxy) is 1. The van der Waals surface area contributed by atoms with Gasteiger partial charge >= 0.3 is 0 Å². The summed E-state index contributed by atoms with van der Waals surface area (Å²) in [6.07, 6.45) is 2.06. The van der Waals surface area contributed by atoms with Crippen LogP contribution in [0, 0.1) is 5.92 Å². The molecule has 1 aromatic rings. The summed E-state index contributed by atoms with van der Waals surface area (Å²) in [7, 11) is 1.76. The van der Waals surface area contributed by atoms with Crippen LogP contribution in [0.5, 0.6) is 0 Å². The first-order valence-electron chi connectivity index (χ1n) is 6.47. The van der Waals surface area contributed by atoms with Crippen molar-refractivity contribution in [1.29, 1.82) is 0 Å². The maximum Gasteiger partial charge on any atom is 0.0642 e. The van der Waals surface area contributed by atoms with Gasteiger partial charge in [0.15, 0.2) is 0 Å². The van der Waals surface area contributed by atoms with E-state index in [4.69, 9.17) is 22.1 Å². The van der Waals surface area contributed by atoms with Gasteiger partial charge in [-0.3, -0.25) is 0 Å². The Morgan fingerprint density at radius 3 is 3.00 bits per heavy atom. The number of anilines is 1. The maximum absolute atomic E-state index is 6.36. The van der Waals surface area contributed by atoms with Crippen LogP contribution in [0.1, 0.15) is 12.0 Å². The lowest BCUT2D eigenvalue weighted by atomic mass is 10.1. The van der Waals surface area contributed by atoms with Crippen molar-refractivity contribution in [2.24, 2.45) is 11.7 Å². The van der Waals surface area contributed by atoms with E-state index in [-0.39, 0.29) is 0 Å². The second kappa shape index (κ2) is 6.41. The van der Waals surface area contributed by atoms with Crippen LogP contribution < -0.4 is 10.6 Å². The van der Waals surface area contributed by atoms with Crippen molar-refractivity contribution in [3.8, 4) is 0 Å². The van der Waals surface area contributed by atoms with Gasteiger partial charge < -0.3 is 15.4 Å². The number of methoxy groups -OCH3 is 1. The van der Waals surface area contributed by atoms with Gasteiger partial charge in [-0.25, -0.2) is 0 Å². The number of hydrogen-bond donors (Lipinski definition) is 1. The molecule has 1 aliphatic rings. The van der Waals surface area contributed by atoms with E-state index in [9.17, 15) is 0 Å². The van der Waals surface area contributed by atoms with Gasteiger partial charge in [0.05, 0.1) is 17.3 Å². The van der Waals surface area contributed by atoms with E-state index >= 15 is 0 Å². The molecule has 1 saturated heterocycles. The lowest BCUT2D eigenvalue weighted by Gasteiger charge is -2.20. The molecular formula is C14H21ClN2O. The van der Waals surface area contributed by atoms with E-state index in [2.05, 4.69) is 17.0 Å². The quantitative estimate of drug-likeness (QED) is 0.891. The molecule has 1 aromatic carbocycles. The fourth-order valence-corrected chi connectivity index (χ4v) is 2.87. The van der Waals surface area contributed by atoms with Crippen molar-refractivity contribution in [2.75, 3.05) is 38.3 Å². The molecule has 2 N–H and O–H groups in total. The lowest BCUT2D eigenvalue weighted by Crippen LogP contribution is -2.21. The van der Waals surface area contributed by atoms with Crippen molar-refractivity contribution in [2.45, 2.75) is 12.8 Å². The van der Waals surface area contributed by atoms with Gasteiger partial charge in [-0.2, -0.15) is 0 Å². The van der Waals surface area contributed by atoms with Crippen molar-refractivity contribution >= 4 is 17.3 Å². The zero-order valence-electron chi connectivity index (χ0n) is 10.9. The molecule has 1 fully saturated rings. The van der Waals surface area contributed by atoms with Crippen LogP contribution in [0.2, 0.25) is 5.02 Å². The molecule has 0 amide bonds. The molecule has 1 aliphatic heterocycles. The first kappa shape index (κ1) is 13.7. The minimum Gasteiger partial charge on any atom is -0.384 e. The van der Waals surface area contributed by atoms with Gasteiger partial charge in [-0.15, -0.1) is 0 Å². The molecule has 1 unspecified atom stereocenters. The Morgan fingerprint density at radius 1 is 1.50 bits per heavy atom. The molecule has 3 nitrogen and oxygen atoms in total. The maximum atomic E-state index is 6.36. The van der Waals surface area contributed by atoms with Crippen LogP contribution in [0.15, 0.2) is 18.2 Å². The predicted octanol–water partition coefficient (Wildman–Crippen LogP) is 2.31. The lowest BCUT2D eigenvalue weighted by molar-refractivity contribution is 0.161. The largest absolute Gasteiger partial charge is 0.384 e. The Bertz CT molecular complexity index is 397. The fourth-order valence-electron chi connectivity index (χ4n) is 2.55. The van der Waals surface area contributed by atoms with E-state index < -0.39 is 0 Å². The molecule has 2 rings (SSSR count). The Kier molecular flexibility index (Phi) is 4.87. The number of rotatable bonds is 5. The Balaban J connectivity index is 2.05. The smallest absolute Gasteiger partial charge is 0.0642 e. The highest BCUT2D eigenvalue weighted by atomic mass is 35.5. The SMILES string of the molecule is COCC1CCN(c2ccc(CCN)cc2Cl)C1. The van der Waals surface area contributed by atoms with Crippen LogP contribution in [-0.4, -0.2) is 33.4 Å². The first-order chi connectivity index (χ1) is 8.74. The molecule has 0 aliphatic carbocycles. The molecule has 0 bridgehead atoms. The summed E-state index contributed by atoms with van der Waals surface area (Å²) in [6.45, 7) is 3.59. The highest BCUT2D eigenvalue weighted by molar-refractivity contribution is 6.33. The number of nitrogens with zero attached hydrogens (tertiary/aromatic N) is 1. The van der Waals surface area contributed by atoms with Crippen molar-refractivity contribution in [1.82, 2.24) is 0 Å². The highest BCUT2D eigenvalue weighted by Gasteiger charge is 2.23. The van der Waals surface area contributed by atoms with Gasteiger partial charge in [-0.05, 0) is 37.1 Å². The molecule has 1 heterocycles. The van der Waals surface area contributed by atoms with E-state index in [1.54, 1.807) is 7.11 Å². The van der Waals surface area contributed by atoms with E-state index in [1.807, 2.05) is 6.07 Å². The molecule has 4 heteroatoms. The highest BCUT2D eigenvalue weighted by Crippen LogP contribution is 2.31. The summed E-state index contributed by atoms with van der Waals surface area (Å²) in [5.41, 5.74) is 7.90. The Hall–Kier alpha value is -0.770. The molecule has 100 valence electrons. The second-order valence-electron chi connectivity index (χ2n) is 4.88. The molecule has 0 radical (unpaired) electrons. The van der Waals surface area contributed by atoms with E-state index in [1.165, 1.54) is 12.0 Å². The zero-order valence-corrected chi connectivity index (χ0v) is 11.6. The van der Waals surface area contributed by atoms with Crippen LogP contribution in [0.25, 0.3) is 0 Å². The van der Waals surface area contributed by atoms with Gasteiger partial charge in [0.1, 0.15) is 0 Å². The summed E-state index contributed by atoms with van der Waals surface area (Å²) in [5.74, 6) is 0.620. The summed E-state index contributed by atoms with van der Waals surface area (Å²) in [6, 6.07) is 6.27. The third-order valence-electron chi connectivity index (χ3n) is 3.47. The predicted molar refractivity (Wildman–Crippen MR) is 76.4 cm³/mol. The topological polar surface area (TPSA) is 38.5 Å². The molecule has 18 heavy (non-hydrogen) atoms. The van der Waals surface area contributed by atoms with Gasteiger partial charge in [0.2, 0.25) is 0 Å². The molecule has 0 saturated carbocycles. The first-order valence-corrected chi connectivity index (χ1v) is 6.84. The van der Waals surface area contributed by atoms with Gasteiger partial charge in [0.25, 0.3) is 0 Å². The number of halogens is 1. The van der Waals surface area contributed by atoms with Gasteiger partial charge in [-0.1, -0.05) is 17.7 Å². The van der Waals surface area contributed by atoms with Crippen LogP contribution in [0.4, 0.5) is 5.69 Å². The van der Waals surface area contributed by atoms with Crippen LogP contribution in [-0.2, 0) is 11.2 Å². The molecule has 1 atom stereocenters. The van der Waals surface area contributed by atoms with Crippen molar-refractivity contribution < 1.29 is 4.74 Å². The van der Waals surface area contributed by atoms with E-state index in [0.29, 0.717) is 12.5 Å². The number of hydrogen-bond acceptors (Lipinski definition) is 3. The third-order valence-corrected chi connectivity index (χ3v) is 3.78. The number of benzene rings is 1.